The lowest BCUT2D eigenvalue weighted by Crippen LogP contribution is -2.48. The van der Waals surface area contributed by atoms with E-state index in [0.717, 1.165) is 10.6 Å². The zero-order valence-electron chi connectivity index (χ0n) is 16.2. The van der Waals surface area contributed by atoms with Crippen molar-refractivity contribution in [3.05, 3.63) is 71.8 Å². The third-order valence-electron chi connectivity index (χ3n) is 3.82. The summed E-state index contributed by atoms with van der Waals surface area (Å²) in [5.74, 6) is -0.633. The highest BCUT2D eigenvalue weighted by molar-refractivity contribution is 5.89. The van der Waals surface area contributed by atoms with Crippen molar-refractivity contribution in [3.8, 4) is 6.07 Å². The lowest BCUT2D eigenvalue weighted by Gasteiger charge is -2.34. The lowest BCUT2D eigenvalue weighted by molar-refractivity contribution is -0.239. The molecule has 146 valence electrons. The van der Waals surface area contributed by atoms with E-state index >= 15 is 0 Å². The van der Waals surface area contributed by atoms with Gasteiger partial charge in [0.25, 0.3) is 0 Å². The number of amides is 1. The molecule has 2 rings (SSSR count). The molecule has 0 aliphatic heterocycles. The minimum atomic E-state index is -1.21. The molecule has 2 unspecified atom stereocenters. The van der Waals surface area contributed by atoms with Crippen molar-refractivity contribution in [2.75, 3.05) is 0 Å². The molecule has 0 heterocycles. The van der Waals surface area contributed by atoms with Crippen LogP contribution < -0.4 is 0 Å². The molecule has 0 N–H and O–H groups in total. The number of hydroxylamine groups is 2. The summed E-state index contributed by atoms with van der Waals surface area (Å²) in [5, 5.41) is 10.8. The van der Waals surface area contributed by atoms with Crippen LogP contribution in [0.2, 0.25) is 0 Å². The van der Waals surface area contributed by atoms with Crippen LogP contribution >= 0.6 is 0 Å². The molecule has 6 heteroatoms. The molecule has 2 aromatic carbocycles. The van der Waals surface area contributed by atoms with Gasteiger partial charge in [-0.3, -0.25) is 9.63 Å². The molecular weight excluding hydrogens is 356 g/mol. The highest BCUT2D eigenvalue weighted by Crippen LogP contribution is 2.20. The summed E-state index contributed by atoms with van der Waals surface area (Å²) in [6.07, 6.45) is -0.407. The molecule has 2 atom stereocenters. The maximum atomic E-state index is 12.4. The molecule has 2 aromatic rings. The molecule has 1 amide bonds. The van der Waals surface area contributed by atoms with Crippen LogP contribution in [0.1, 0.15) is 36.7 Å². The average Bonchev–Trinajstić information content (AvgIpc) is 2.69. The number of nitriles is 1. The van der Waals surface area contributed by atoms with Gasteiger partial charge in [-0.1, -0.05) is 48.5 Å². The Hall–Kier alpha value is -3.17. The first-order valence-corrected chi connectivity index (χ1v) is 8.96. The molecule has 0 spiro atoms. The van der Waals surface area contributed by atoms with E-state index in [4.69, 9.17) is 9.57 Å². The third-order valence-corrected chi connectivity index (χ3v) is 3.82. The average molecular weight is 380 g/mol. The summed E-state index contributed by atoms with van der Waals surface area (Å²) >= 11 is 0. The smallest absolute Gasteiger partial charge is 0.339 e. The van der Waals surface area contributed by atoms with Crippen molar-refractivity contribution in [2.24, 2.45) is 0 Å². The first kappa shape index (κ1) is 21.1. The van der Waals surface area contributed by atoms with E-state index in [1.54, 1.807) is 51.1 Å². The Balaban J connectivity index is 2.30. The van der Waals surface area contributed by atoms with Crippen molar-refractivity contribution in [2.45, 2.75) is 44.9 Å². The molecule has 6 nitrogen and oxygen atoms in total. The Morgan fingerprint density at radius 3 is 2.18 bits per heavy atom. The van der Waals surface area contributed by atoms with Crippen LogP contribution in [0.5, 0.6) is 0 Å². The maximum Gasteiger partial charge on any atom is 0.339 e. The molecule has 0 aliphatic carbocycles. The van der Waals surface area contributed by atoms with Gasteiger partial charge in [-0.15, -0.1) is 0 Å². The highest BCUT2D eigenvalue weighted by Gasteiger charge is 2.34. The van der Waals surface area contributed by atoms with Crippen molar-refractivity contribution >= 4 is 12.4 Å². The monoisotopic (exact) mass is 380 g/mol. The fourth-order valence-corrected chi connectivity index (χ4v) is 2.62. The minimum absolute atomic E-state index is 0.288. The van der Waals surface area contributed by atoms with Crippen LogP contribution in [0.15, 0.2) is 60.7 Å². The summed E-state index contributed by atoms with van der Waals surface area (Å²) in [6, 6.07) is 18.9. The minimum Gasteiger partial charge on any atom is -0.441 e. The van der Waals surface area contributed by atoms with Gasteiger partial charge in [0.1, 0.15) is 12.1 Å². The van der Waals surface area contributed by atoms with Crippen LogP contribution in [-0.2, 0) is 20.8 Å². The lowest BCUT2D eigenvalue weighted by atomic mass is 10.0. The van der Waals surface area contributed by atoms with Gasteiger partial charge < -0.3 is 4.74 Å². The van der Waals surface area contributed by atoms with E-state index in [9.17, 15) is 14.9 Å². The molecule has 0 bridgehead atoms. The summed E-state index contributed by atoms with van der Waals surface area (Å²) in [5.41, 5.74) is 0.544. The molecule has 0 aliphatic rings. The SMILES string of the molecule is CC(C)(C)ON(C=O)C(Cc1ccccc1)C(C#N)OC(=O)c1ccccc1. The van der Waals surface area contributed by atoms with E-state index in [0.29, 0.717) is 12.0 Å². The number of ether oxygens (including phenoxy) is 1. The van der Waals surface area contributed by atoms with Crippen LogP contribution in [0.25, 0.3) is 0 Å². The van der Waals surface area contributed by atoms with Gasteiger partial charge in [0.05, 0.1) is 11.2 Å². The number of benzene rings is 2. The standard InChI is InChI=1S/C22H24N2O4/c1-22(2,3)28-24(16-25)19(14-17-10-6-4-7-11-17)20(15-23)27-21(26)18-12-8-5-9-13-18/h4-13,16,19-20H,14H2,1-3H3. The molecule has 0 fully saturated rings. The second-order valence-corrected chi connectivity index (χ2v) is 7.25. The second-order valence-electron chi connectivity index (χ2n) is 7.25. The first-order chi connectivity index (χ1) is 13.3. The van der Waals surface area contributed by atoms with Crippen LogP contribution in [0.4, 0.5) is 0 Å². The Morgan fingerprint density at radius 1 is 1.11 bits per heavy atom. The van der Waals surface area contributed by atoms with Crippen LogP contribution in [-0.4, -0.2) is 35.2 Å². The second kappa shape index (κ2) is 9.67. The van der Waals surface area contributed by atoms with Gasteiger partial charge in [0.2, 0.25) is 12.5 Å². The van der Waals surface area contributed by atoms with Crippen molar-refractivity contribution in [3.63, 3.8) is 0 Å². The maximum absolute atomic E-state index is 12.4. The summed E-state index contributed by atoms with van der Waals surface area (Å²) < 4.78 is 5.44. The Kier molecular flexibility index (Phi) is 7.30. The van der Waals surface area contributed by atoms with Gasteiger partial charge in [-0.25, -0.2) is 9.86 Å². The molecule has 0 saturated carbocycles. The van der Waals surface area contributed by atoms with Gasteiger partial charge in [0.15, 0.2) is 0 Å². The zero-order chi connectivity index (χ0) is 20.6. The fourth-order valence-electron chi connectivity index (χ4n) is 2.62. The largest absolute Gasteiger partial charge is 0.441 e. The predicted molar refractivity (Wildman–Crippen MR) is 104 cm³/mol. The number of carbonyl (C=O) groups excluding carboxylic acids is 2. The zero-order valence-corrected chi connectivity index (χ0v) is 16.2. The highest BCUT2D eigenvalue weighted by atomic mass is 16.7. The molecule has 0 aromatic heterocycles. The Bertz CT molecular complexity index is 810. The molecule has 0 saturated heterocycles. The van der Waals surface area contributed by atoms with E-state index in [1.807, 2.05) is 36.4 Å². The van der Waals surface area contributed by atoms with Gasteiger partial charge in [-0.2, -0.15) is 5.26 Å². The van der Waals surface area contributed by atoms with Crippen molar-refractivity contribution in [1.82, 2.24) is 5.06 Å². The number of carbonyl (C=O) groups is 2. The van der Waals surface area contributed by atoms with E-state index < -0.39 is 23.7 Å². The number of esters is 1. The topological polar surface area (TPSA) is 79.6 Å². The quantitative estimate of drug-likeness (QED) is 0.398. The number of nitrogens with zero attached hydrogens (tertiary/aromatic N) is 2. The predicted octanol–water partition coefficient (Wildman–Crippen LogP) is 3.54. The fraction of sp³-hybridized carbons (Fsp3) is 0.318. The van der Waals surface area contributed by atoms with Gasteiger partial charge in [0, 0.05) is 6.42 Å². The molecular formula is C22H24N2O4. The molecule has 0 radical (unpaired) electrons. The van der Waals surface area contributed by atoms with Gasteiger partial charge >= 0.3 is 5.97 Å². The normalized spacial score (nSPS) is 13.1. The van der Waals surface area contributed by atoms with Crippen molar-refractivity contribution < 1.29 is 19.2 Å². The summed E-state index contributed by atoms with van der Waals surface area (Å²) in [6.45, 7) is 5.38. The van der Waals surface area contributed by atoms with E-state index in [-0.39, 0.29) is 6.42 Å². The van der Waals surface area contributed by atoms with Crippen LogP contribution in [0.3, 0.4) is 0 Å². The number of rotatable bonds is 8. The van der Waals surface area contributed by atoms with Crippen molar-refractivity contribution in [1.29, 1.82) is 5.26 Å². The van der Waals surface area contributed by atoms with E-state index in [2.05, 4.69) is 0 Å². The Morgan fingerprint density at radius 2 is 1.68 bits per heavy atom. The third kappa shape index (κ3) is 6.22. The number of hydrogen-bond donors (Lipinski definition) is 0. The number of hydrogen-bond acceptors (Lipinski definition) is 5. The summed E-state index contributed by atoms with van der Waals surface area (Å²) in [4.78, 5) is 29.9. The first-order valence-electron chi connectivity index (χ1n) is 8.96. The van der Waals surface area contributed by atoms with E-state index in [1.165, 1.54) is 0 Å². The molecule has 28 heavy (non-hydrogen) atoms. The Labute approximate surface area is 165 Å². The van der Waals surface area contributed by atoms with Crippen LogP contribution in [0, 0.1) is 11.3 Å². The van der Waals surface area contributed by atoms with Gasteiger partial charge in [-0.05, 0) is 38.5 Å². The summed E-state index contributed by atoms with van der Waals surface area (Å²) in [7, 11) is 0.